The summed E-state index contributed by atoms with van der Waals surface area (Å²) in [6.07, 6.45) is 1.37. The summed E-state index contributed by atoms with van der Waals surface area (Å²) >= 11 is 7.73. The molecule has 0 aromatic heterocycles. The maximum atomic E-state index is 12.2. The number of aryl methyl sites for hydroxylation is 1. The number of benzene rings is 2. The summed E-state index contributed by atoms with van der Waals surface area (Å²) < 4.78 is 5.66. The second kappa shape index (κ2) is 7.56. The van der Waals surface area contributed by atoms with Gasteiger partial charge in [-0.3, -0.25) is 4.79 Å². The molecule has 0 saturated heterocycles. The first-order valence-electron chi connectivity index (χ1n) is 6.87. The summed E-state index contributed by atoms with van der Waals surface area (Å²) in [7, 11) is 0. The van der Waals surface area contributed by atoms with Crippen LogP contribution < -0.4 is 10.1 Å². The van der Waals surface area contributed by atoms with E-state index in [1.54, 1.807) is 24.8 Å². The first kappa shape index (κ1) is 16.7. The van der Waals surface area contributed by atoms with E-state index in [-0.39, 0.29) is 5.91 Å². The normalized spacial score (nSPS) is 11.8. The van der Waals surface area contributed by atoms with Gasteiger partial charge in [0.25, 0.3) is 5.91 Å². The van der Waals surface area contributed by atoms with Crippen molar-refractivity contribution in [3.05, 3.63) is 53.1 Å². The minimum Gasteiger partial charge on any atom is -0.479 e. The van der Waals surface area contributed by atoms with Crippen LogP contribution in [0.1, 0.15) is 12.5 Å². The van der Waals surface area contributed by atoms with Crippen LogP contribution in [-0.2, 0) is 4.79 Å². The zero-order chi connectivity index (χ0) is 16.1. The highest BCUT2D eigenvalue weighted by molar-refractivity contribution is 7.98. The van der Waals surface area contributed by atoms with Gasteiger partial charge in [-0.2, -0.15) is 0 Å². The third-order valence-corrected chi connectivity index (χ3v) is 4.17. The van der Waals surface area contributed by atoms with E-state index >= 15 is 0 Å². The first-order valence-corrected chi connectivity index (χ1v) is 8.47. The Labute approximate surface area is 140 Å². The molecule has 3 nitrogen and oxygen atoms in total. The summed E-state index contributed by atoms with van der Waals surface area (Å²) in [5, 5.41) is 3.33. The average Bonchev–Trinajstić information content (AvgIpc) is 2.51. The van der Waals surface area contributed by atoms with E-state index in [0.29, 0.717) is 10.8 Å². The molecule has 0 fully saturated rings. The zero-order valence-electron chi connectivity index (χ0n) is 12.7. The Morgan fingerprint density at radius 2 is 1.91 bits per heavy atom. The van der Waals surface area contributed by atoms with Gasteiger partial charge < -0.3 is 10.1 Å². The van der Waals surface area contributed by atoms with Crippen LogP contribution in [0, 0.1) is 6.92 Å². The topological polar surface area (TPSA) is 38.3 Å². The van der Waals surface area contributed by atoms with Crippen molar-refractivity contribution in [2.75, 3.05) is 11.6 Å². The number of hydrogen-bond acceptors (Lipinski definition) is 3. The van der Waals surface area contributed by atoms with Crippen LogP contribution in [-0.4, -0.2) is 18.3 Å². The number of halogens is 1. The molecule has 0 heterocycles. The van der Waals surface area contributed by atoms with Gasteiger partial charge in [0.05, 0.1) is 5.02 Å². The number of rotatable bonds is 5. The third-order valence-electron chi connectivity index (χ3n) is 3.12. The Kier molecular flexibility index (Phi) is 5.75. The van der Waals surface area contributed by atoms with Crippen molar-refractivity contribution in [3.8, 4) is 5.75 Å². The number of anilines is 1. The Balaban J connectivity index is 2.00. The van der Waals surface area contributed by atoms with Gasteiger partial charge in [0.1, 0.15) is 5.75 Å². The number of thioether (sulfide) groups is 1. The number of carbonyl (C=O) groups is 1. The average molecular weight is 336 g/mol. The first-order chi connectivity index (χ1) is 10.5. The molecule has 0 bridgehead atoms. The van der Waals surface area contributed by atoms with Crippen molar-refractivity contribution >= 4 is 35.0 Å². The lowest BCUT2D eigenvalue weighted by Crippen LogP contribution is -2.30. The van der Waals surface area contributed by atoms with Crippen LogP contribution in [0.3, 0.4) is 0 Å². The SMILES string of the molecule is CSc1ccc(NC(=O)C(C)Oc2cc(C)ccc2Cl)cc1. The van der Waals surface area contributed by atoms with Crippen LogP contribution in [0.25, 0.3) is 0 Å². The van der Waals surface area contributed by atoms with Crippen molar-refractivity contribution in [2.45, 2.75) is 24.8 Å². The molecule has 116 valence electrons. The number of nitrogens with one attached hydrogen (secondary N) is 1. The molecule has 1 unspecified atom stereocenters. The molecule has 0 aliphatic heterocycles. The summed E-state index contributed by atoms with van der Waals surface area (Å²) in [6.45, 7) is 3.64. The molecule has 0 aliphatic carbocycles. The van der Waals surface area contributed by atoms with Crippen LogP contribution in [0.5, 0.6) is 5.75 Å². The molecule has 0 aliphatic rings. The van der Waals surface area contributed by atoms with Gasteiger partial charge in [-0.15, -0.1) is 11.8 Å². The van der Waals surface area contributed by atoms with Crippen molar-refractivity contribution in [1.82, 2.24) is 0 Å². The standard InChI is InChI=1S/C17H18ClNO2S/c1-11-4-9-15(18)16(10-11)21-12(2)17(20)19-13-5-7-14(22-3)8-6-13/h4-10,12H,1-3H3,(H,19,20). The Bertz CT molecular complexity index is 658. The fraction of sp³-hybridized carbons (Fsp3) is 0.235. The second-order valence-electron chi connectivity index (χ2n) is 4.91. The lowest BCUT2D eigenvalue weighted by Gasteiger charge is -2.16. The van der Waals surface area contributed by atoms with Gasteiger partial charge >= 0.3 is 0 Å². The minimum atomic E-state index is -0.639. The second-order valence-corrected chi connectivity index (χ2v) is 6.20. The minimum absolute atomic E-state index is 0.213. The summed E-state index contributed by atoms with van der Waals surface area (Å²) in [5.41, 5.74) is 1.77. The molecule has 1 N–H and O–H groups in total. The van der Waals surface area contributed by atoms with Gasteiger partial charge in [-0.25, -0.2) is 0 Å². The number of hydrogen-bond donors (Lipinski definition) is 1. The van der Waals surface area contributed by atoms with Crippen LogP contribution in [0.4, 0.5) is 5.69 Å². The Hall–Kier alpha value is -1.65. The van der Waals surface area contributed by atoms with E-state index in [9.17, 15) is 4.79 Å². The highest BCUT2D eigenvalue weighted by Gasteiger charge is 2.16. The van der Waals surface area contributed by atoms with E-state index in [1.165, 1.54) is 0 Å². The molecule has 0 saturated carbocycles. The van der Waals surface area contributed by atoms with Gasteiger partial charge in [-0.05, 0) is 62.1 Å². The van der Waals surface area contributed by atoms with Crippen molar-refractivity contribution < 1.29 is 9.53 Å². The molecule has 0 radical (unpaired) electrons. The highest BCUT2D eigenvalue weighted by atomic mass is 35.5. The van der Waals surface area contributed by atoms with Crippen LogP contribution >= 0.6 is 23.4 Å². The monoisotopic (exact) mass is 335 g/mol. The fourth-order valence-corrected chi connectivity index (χ4v) is 2.43. The van der Waals surface area contributed by atoms with Crippen molar-refractivity contribution in [2.24, 2.45) is 0 Å². The molecule has 5 heteroatoms. The van der Waals surface area contributed by atoms with Crippen molar-refractivity contribution in [1.29, 1.82) is 0 Å². The Morgan fingerprint density at radius 1 is 1.23 bits per heavy atom. The quantitative estimate of drug-likeness (QED) is 0.799. The van der Waals surface area contributed by atoms with Gasteiger partial charge in [0.15, 0.2) is 6.10 Å². The molecule has 2 aromatic rings. The number of ether oxygens (including phenoxy) is 1. The predicted octanol–water partition coefficient (Wildman–Crippen LogP) is 4.78. The van der Waals surface area contributed by atoms with Gasteiger partial charge in [-0.1, -0.05) is 17.7 Å². The molecule has 1 amide bonds. The van der Waals surface area contributed by atoms with Crippen molar-refractivity contribution in [3.63, 3.8) is 0 Å². The Morgan fingerprint density at radius 3 is 2.55 bits per heavy atom. The lowest BCUT2D eigenvalue weighted by molar-refractivity contribution is -0.122. The molecule has 0 spiro atoms. The molecule has 22 heavy (non-hydrogen) atoms. The smallest absolute Gasteiger partial charge is 0.265 e. The molecule has 2 rings (SSSR count). The van der Waals surface area contributed by atoms with Gasteiger partial charge in [0, 0.05) is 10.6 Å². The maximum absolute atomic E-state index is 12.2. The van der Waals surface area contributed by atoms with E-state index in [4.69, 9.17) is 16.3 Å². The maximum Gasteiger partial charge on any atom is 0.265 e. The number of amides is 1. The molecular weight excluding hydrogens is 318 g/mol. The summed E-state index contributed by atoms with van der Waals surface area (Å²) in [5.74, 6) is 0.302. The molecular formula is C17H18ClNO2S. The highest BCUT2D eigenvalue weighted by Crippen LogP contribution is 2.26. The summed E-state index contributed by atoms with van der Waals surface area (Å²) in [6, 6.07) is 13.1. The fourth-order valence-electron chi connectivity index (χ4n) is 1.86. The van der Waals surface area contributed by atoms with Gasteiger partial charge in [0.2, 0.25) is 0 Å². The third kappa shape index (κ3) is 4.42. The summed E-state index contributed by atoms with van der Waals surface area (Å²) in [4.78, 5) is 13.3. The van der Waals surface area contributed by atoms with E-state index in [1.807, 2.05) is 49.6 Å². The largest absolute Gasteiger partial charge is 0.479 e. The number of carbonyl (C=O) groups excluding carboxylic acids is 1. The van der Waals surface area contributed by atoms with E-state index in [2.05, 4.69) is 5.32 Å². The van der Waals surface area contributed by atoms with Crippen LogP contribution in [0.2, 0.25) is 5.02 Å². The molecule has 1 atom stereocenters. The zero-order valence-corrected chi connectivity index (χ0v) is 14.3. The lowest BCUT2D eigenvalue weighted by atomic mass is 10.2. The van der Waals surface area contributed by atoms with E-state index < -0.39 is 6.10 Å². The van der Waals surface area contributed by atoms with E-state index in [0.717, 1.165) is 16.1 Å². The predicted molar refractivity (Wildman–Crippen MR) is 93.1 cm³/mol. The molecule has 2 aromatic carbocycles. The van der Waals surface area contributed by atoms with Crippen LogP contribution in [0.15, 0.2) is 47.4 Å².